The highest BCUT2D eigenvalue weighted by Gasteiger charge is 2.22. The second kappa shape index (κ2) is 11.8. The van der Waals surface area contributed by atoms with Crippen LogP contribution in [0.5, 0.6) is 5.88 Å². The van der Waals surface area contributed by atoms with E-state index in [-0.39, 0.29) is 11.6 Å². The van der Waals surface area contributed by atoms with Crippen molar-refractivity contribution in [3.63, 3.8) is 0 Å². The summed E-state index contributed by atoms with van der Waals surface area (Å²) in [6.45, 7) is 3.13. The summed E-state index contributed by atoms with van der Waals surface area (Å²) >= 11 is 0. The van der Waals surface area contributed by atoms with Gasteiger partial charge in [0.1, 0.15) is 28.0 Å². The Hall–Kier alpha value is -4.81. The second-order valence-corrected chi connectivity index (χ2v) is 11.5. The van der Waals surface area contributed by atoms with Crippen molar-refractivity contribution in [3.05, 3.63) is 96.7 Å². The molecule has 6 rings (SSSR count). The highest BCUT2D eigenvalue weighted by Crippen LogP contribution is 2.32. The van der Waals surface area contributed by atoms with E-state index in [4.69, 9.17) is 14.5 Å². The van der Waals surface area contributed by atoms with Crippen LogP contribution in [0.15, 0.2) is 90.0 Å². The fraction of sp³-hybridized carbons (Fsp3) is 0.161. The number of rotatable bonds is 8. The molecule has 5 aromatic rings. The van der Waals surface area contributed by atoms with Crippen LogP contribution in [-0.4, -0.2) is 51.8 Å². The third kappa shape index (κ3) is 6.20. The van der Waals surface area contributed by atoms with E-state index in [0.717, 1.165) is 53.1 Å². The Kier molecular flexibility index (Phi) is 7.78. The van der Waals surface area contributed by atoms with E-state index in [1.165, 1.54) is 13.2 Å². The van der Waals surface area contributed by atoms with Crippen LogP contribution in [0.4, 0.5) is 31.7 Å². The fourth-order valence-electron chi connectivity index (χ4n) is 4.86. The number of hydrogen-bond donors (Lipinski definition) is 2. The van der Waals surface area contributed by atoms with Gasteiger partial charge in [0.25, 0.3) is 10.0 Å². The lowest BCUT2D eigenvalue weighted by Crippen LogP contribution is -2.36. The number of nitrogens with zero attached hydrogens (tertiary/aromatic N) is 3. The highest BCUT2D eigenvalue weighted by molar-refractivity contribution is 7.92. The number of sulfonamides is 1. The molecule has 0 atom stereocenters. The molecule has 1 saturated heterocycles. The van der Waals surface area contributed by atoms with Crippen LogP contribution in [0.25, 0.3) is 22.0 Å². The predicted molar refractivity (Wildman–Crippen MR) is 161 cm³/mol. The largest absolute Gasteiger partial charge is 0.480 e. The Bertz CT molecular complexity index is 1920. The van der Waals surface area contributed by atoms with Crippen molar-refractivity contribution < 1.29 is 26.7 Å². The Morgan fingerprint density at radius 2 is 1.77 bits per heavy atom. The minimum atomic E-state index is -4.40. The van der Waals surface area contributed by atoms with E-state index in [9.17, 15) is 17.2 Å². The topological polar surface area (TPSA) is 106 Å². The average Bonchev–Trinajstić information content (AvgIpc) is 3.01. The minimum absolute atomic E-state index is 0.000745. The molecule has 3 aromatic carbocycles. The molecule has 0 radical (unpaired) electrons. The third-order valence-corrected chi connectivity index (χ3v) is 8.39. The Morgan fingerprint density at radius 1 is 0.930 bits per heavy atom. The van der Waals surface area contributed by atoms with E-state index in [0.29, 0.717) is 30.7 Å². The Labute approximate surface area is 247 Å². The normalized spacial score (nSPS) is 13.6. The van der Waals surface area contributed by atoms with Crippen molar-refractivity contribution >= 4 is 43.8 Å². The lowest BCUT2D eigenvalue weighted by Gasteiger charge is -2.29. The van der Waals surface area contributed by atoms with Gasteiger partial charge in [0.2, 0.25) is 5.88 Å². The molecule has 1 fully saturated rings. The molecule has 0 aliphatic carbocycles. The maximum Gasteiger partial charge on any atom is 0.264 e. The molecule has 0 amide bonds. The smallest absolute Gasteiger partial charge is 0.264 e. The van der Waals surface area contributed by atoms with Crippen LogP contribution in [-0.2, 0) is 14.8 Å². The van der Waals surface area contributed by atoms with Crippen LogP contribution in [0.2, 0.25) is 0 Å². The summed E-state index contributed by atoms with van der Waals surface area (Å²) in [4.78, 5) is 10.6. The van der Waals surface area contributed by atoms with Crippen molar-refractivity contribution in [3.8, 4) is 17.0 Å². The first kappa shape index (κ1) is 28.3. The molecule has 2 N–H and O–H groups in total. The number of morpholine rings is 1. The molecule has 1 aliphatic heterocycles. The van der Waals surface area contributed by atoms with Gasteiger partial charge in [-0.25, -0.2) is 27.2 Å². The van der Waals surface area contributed by atoms with Gasteiger partial charge in [0, 0.05) is 47.7 Å². The van der Waals surface area contributed by atoms with E-state index in [1.54, 1.807) is 6.20 Å². The second-order valence-electron chi connectivity index (χ2n) is 9.84. The molecule has 1 aliphatic rings. The molecule has 0 bridgehead atoms. The molecule has 220 valence electrons. The monoisotopic (exact) mass is 603 g/mol. The molecule has 12 heteroatoms. The van der Waals surface area contributed by atoms with Crippen LogP contribution in [0.3, 0.4) is 0 Å². The van der Waals surface area contributed by atoms with Crippen molar-refractivity contribution in [2.75, 3.05) is 48.4 Å². The number of anilines is 4. The molecule has 9 nitrogen and oxygen atoms in total. The third-order valence-electron chi connectivity index (χ3n) is 6.99. The van der Waals surface area contributed by atoms with Crippen molar-refractivity contribution in [2.45, 2.75) is 4.90 Å². The number of hydrogen-bond acceptors (Lipinski definition) is 8. The Morgan fingerprint density at radius 3 is 2.56 bits per heavy atom. The van der Waals surface area contributed by atoms with Gasteiger partial charge in [-0.05, 0) is 66.2 Å². The predicted octanol–water partition coefficient (Wildman–Crippen LogP) is 5.96. The van der Waals surface area contributed by atoms with E-state index >= 15 is 0 Å². The molecular weight excluding hydrogens is 576 g/mol. The SMILES string of the molecule is COc1ncc(-c2ccc3nc(Nc4cccc(N5CCOCC5)c4)ccc3c2)cc1NS(=O)(=O)c1ccc(F)cc1F. The standard InChI is InChI=1S/C31H27F2N5O4S/c1-41-31-28(37-43(39,40)29-9-7-23(32)17-26(29)33)16-22(19-34-31)20-5-8-27-21(15-20)6-10-30(36-27)35-24-3-2-4-25(18-24)38-11-13-42-14-12-38/h2-10,15-19,37H,11-14H2,1H3,(H,35,36). The lowest BCUT2D eigenvalue weighted by molar-refractivity contribution is 0.122. The van der Waals surface area contributed by atoms with Gasteiger partial charge >= 0.3 is 0 Å². The van der Waals surface area contributed by atoms with Gasteiger partial charge in [-0.2, -0.15) is 0 Å². The summed E-state index contributed by atoms with van der Waals surface area (Å²) in [5.41, 5.74) is 4.13. The van der Waals surface area contributed by atoms with Crippen molar-refractivity contribution in [1.82, 2.24) is 9.97 Å². The van der Waals surface area contributed by atoms with Gasteiger partial charge in [0.15, 0.2) is 0 Å². The van der Waals surface area contributed by atoms with E-state index in [2.05, 4.69) is 32.1 Å². The van der Waals surface area contributed by atoms with Gasteiger partial charge < -0.3 is 19.7 Å². The molecular formula is C31H27F2N5O4S. The highest BCUT2D eigenvalue weighted by atomic mass is 32.2. The zero-order chi connectivity index (χ0) is 30.0. The number of methoxy groups -OCH3 is 1. The van der Waals surface area contributed by atoms with Crippen LogP contribution in [0, 0.1) is 11.6 Å². The number of benzene rings is 3. The summed E-state index contributed by atoms with van der Waals surface area (Å²) in [6, 6.07) is 21.4. The van der Waals surface area contributed by atoms with Crippen LogP contribution < -0.4 is 19.7 Å². The molecule has 2 aromatic heterocycles. The molecule has 43 heavy (non-hydrogen) atoms. The van der Waals surface area contributed by atoms with Crippen molar-refractivity contribution in [2.24, 2.45) is 0 Å². The number of ether oxygens (including phenoxy) is 2. The van der Waals surface area contributed by atoms with Crippen LogP contribution >= 0.6 is 0 Å². The number of halogens is 2. The fourth-order valence-corrected chi connectivity index (χ4v) is 5.97. The first-order valence-corrected chi connectivity index (χ1v) is 14.9. The summed E-state index contributed by atoms with van der Waals surface area (Å²) in [5.74, 6) is -1.42. The lowest BCUT2D eigenvalue weighted by atomic mass is 10.0. The summed E-state index contributed by atoms with van der Waals surface area (Å²) < 4.78 is 66.4. The first-order valence-electron chi connectivity index (χ1n) is 13.4. The quantitative estimate of drug-likeness (QED) is 0.224. The summed E-state index contributed by atoms with van der Waals surface area (Å²) in [7, 11) is -3.07. The van der Waals surface area contributed by atoms with Gasteiger partial charge in [0.05, 0.1) is 25.8 Å². The number of nitrogens with one attached hydrogen (secondary N) is 2. The first-order chi connectivity index (χ1) is 20.8. The summed E-state index contributed by atoms with van der Waals surface area (Å²) in [5, 5.41) is 4.24. The van der Waals surface area contributed by atoms with Crippen LogP contribution in [0.1, 0.15) is 0 Å². The van der Waals surface area contributed by atoms with E-state index < -0.39 is 26.6 Å². The molecule has 0 spiro atoms. The maximum absolute atomic E-state index is 14.2. The van der Waals surface area contributed by atoms with E-state index in [1.807, 2.05) is 42.5 Å². The zero-order valence-corrected chi connectivity index (χ0v) is 23.9. The van der Waals surface area contributed by atoms with Gasteiger partial charge in [-0.15, -0.1) is 0 Å². The van der Waals surface area contributed by atoms with Crippen molar-refractivity contribution in [1.29, 1.82) is 0 Å². The molecule has 0 unspecified atom stereocenters. The molecule has 0 saturated carbocycles. The maximum atomic E-state index is 14.2. The number of aromatic nitrogens is 2. The number of fused-ring (bicyclic) bond motifs is 1. The zero-order valence-electron chi connectivity index (χ0n) is 23.1. The molecule has 3 heterocycles. The summed E-state index contributed by atoms with van der Waals surface area (Å²) in [6.07, 6.45) is 1.54. The average molecular weight is 604 g/mol. The van der Waals surface area contributed by atoms with Gasteiger partial charge in [-0.1, -0.05) is 12.1 Å². The minimum Gasteiger partial charge on any atom is -0.480 e. The van der Waals surface area contributed by atoms with Gasteiger partial charge in [-0.3, -0.25) is 4.72 Å². The Balaban J connectivity index is 1.24. The number of pyridine rings is 2.